The van der Waals surface area contributed by atoms with Crippen molar-refractivity contribution in [3.8, 4) is 0 Å². The predicted molar refractivity (Wildman–Crippen MR) is 94.2 cm³/mol. The van der Waals surface area contributed by atoms with E-state index in [1.54, 1.807) is 37.3 Å². The summed E-state index contributed by atoms with van der Waals surface area (Å²) in [5, 5.41) is 6.20. The number of benzene rings is 2. The Bertz CT molecular complexity index is 1010. The van der Waals surface area contributed by atoms with Gasteiger partial charge in [0.25, 0.3) is 0 Å². The van der Waals surface area contributed by atoms with Crippen molar-refractivity contribution >= 4 is 22.7 Å². The molecular formula is C19H17FN2O3. The van der Waals surface area contributed by atoms with Crippen molar-refractivity contribution in [1.29, 1.82) is 0 Å². The van der Waals surface area contributed by atoms with Gasteiger partial charge in [0, 0.05) is 29.8 Å². The number of fused-ring (bicyclic) bond motifs is 1. The Labute approximate surface area is 143 Å². The van der Waals surface area contributed by atoms with E-state index < -0.39 is 11.7 Å². The average molecular weight is 340 g/mol. The van der Waals surface area contributed by atoms with Crippen LogP contribution >= 0.6 is 0 Å². The fourth-order valence-electron chi connectivity index (χ4n) is 2.58. The second-order valence-electron chi connectivity index (χ2n) is 5.85. The SMILES string of the molecule is Cc1cc(CNC(=O)Nc2ccc3c(C)cc(=O)oc3c2)ccc1F. The van der Waals surface area contributed by atoms with Crippen molar-refractivity contribution in [2.24, 2.45) is 0 Å². The molecule has 2 amide bonds. The molecule has 25 heavy (non-hydrogen) atoms. The summed E-state index contributed by atoms with van der Waals surface area (Å²) in [6, 6.07) is 10.8. The topological polar surface area (TPSA) is 71.3 Å². The molecule has 0 radical (unpaired) electrons. The third kappa shape index (κ3) is 3.85. The fourth-order valence-corrected chi connectivity index (χ4v) is 2.58. The van der Waals surface area contributed by atoms with E-state index >= 15 is 0 Å². The van der Waals surface area contributed by atoms with Crippen LogP contribution in [0.4, 0.5) is 14.9 Å². The lowest BCUT2D eigenvalue weighted by Crippen LogP contribution is -2.28. The molecule has 0 atom stereocenters. The number of anilines is 1. The number of hydrogen-bond donors (Lipinski definition) is 2. The quantitative estimate of drug-likeness (QED) is 0.711. The molecule has 0 bridgehead atoms. The van der Waals surface area contributed by atoms with Gasteiger partial charge in [-0.05, 0) is 48.7 Å². The van der Waals surface area contributed by atoms with E-state index in [2.05, 4.69) is 10.6 Å². The summed E-state index contributed by atoms with van der Waals surface area (Å²) in [6.07, 6.45) is 0. The van der Waals surface area contributed by atoms with Gasteiger partial charge in [-0.15, -0.1) is 0 Å². The standard InChI is InChI=1S/C19H17FN2O3/c1-11-8-18(23)25-17-9-14(4-5-15(11)17)22-19(24)21-10-13-3-6-16(20)12(2)7-13/h3-9H,10H2,1-2H3,(H2,21,22,24). The summed E-state index contributed by atoms with van der Waals surface area (Å²) in [5.74, 6) is -0.277. The van der Waals surface area contributed by atoms with Crippen LogP contribution in [0.15, 0.2) is 51.7 Å². The molecule has 6 heteroatoms. The first kappa shape index (κ1) is 16.7. The smallest absolute Gasteiger partial charge is 0.336 e. The lowest BCUT2D eigenvalue weighted by molar-refractivity contribution is 0.251. The number of urea groups is 1. The molecule has 128 valence electrons. The first-order valence-corrected chi connectivity index (χ1v) is 7.77. The summed E-state index contributed by atoms with van der Waals surface area (Å²) in [5.41, 5.74) is 2.63. The minimum Gasteiger partial charge on any atom is -0.423 e. The van der Waals surface area contributed by atoms with E-state index in [9.17, 15) is 14.0 Å². The van der Waals surface area contributed by atoms with Crippen LogP contribution in [0.1, 0.15) is 16.7 Å². The Morgan fingerprint density at radius 3 is 2.64 bits per heavy atom. The number of nitrogens with one attached hydrogen (secondary N) is 2. The Hall–Kier alpha value is -3.15. The average Bonchev–Trinajstić information content (AvgIpc) is 2.55. The lowest BCUT2D eigenvalue weighted by Gasteiger charge is -2.09. The monoisotopic (exact) mass is 340 g/mol. The predicted octanol–water partition coefficient (Wildman–Crippen LogP) is 3.87. The zero-order chi connectivity index (χ0) is 18.0. The zero-order valence-corrected chi connectivity index (χ0v) is 13.9. The van der Waals surface area contributed by atoms with Crippen LogP contribution < -0.4 is 16.3 Å². The van der Waals surface area contributed by atoms with Crippen molar-refractivity contribution in [1.82, 2.24) is 5.32 Å². The molecule has 0 aliphatic carbocycles. The molecule has 1 heterocycles. The maximum Gasteiger partial charge on any atom is 0.336 e. The highest BCUT2D eigenvalue weighted by Crippen LogP contribution is 2.20. The number of amides is 2. The van der Waals surface area contributed by atoms with Crippen LogP contribution in [0, 0.1) is 19.7 Å². The van der Waals surface area contributed by atoms with Crippen molar-refractivity contribution in [3.63, 3.8) is 0 Å². The van der Waals surface area contributed by atoms with Crippen LogP contribution in [0.25, 0.3) is 11.0 Å². The minimum atomic E-state index is -0.432. The summed E-state index contributed by atoms with van der Waals surface area (Å²) < 4.78 is 18.4. The molecule has 5 nitrogen and oxygen atoms in total. The number of rotatable bonds is 3. The van der Waals surface area contributed by atoms with Crippen LogP contribution in [-0.4, -0.2) is 6.03 Å². The molecule has 0 saturated carbocycles. The molecular weight excluding hydrogens is 323 g/mol. The Morgan fingerprint density at radius 2 is 1.88 bits per heavy atom. The van der Waals surface area contributed by atoms with Crippen LogP contribution in [-0.2, 0) is 6.54 Å². The highest BCUT2D eigenvalue weighted by Gasteiger charge is 2.07. The minimum absolute atomic E-state index is 0.273. The van der Waals surface area contributed by atoms with Gasteiger partial charge in [0.15, 0.2) is 0 Å². The van der Waals surface area contributed by atoms with E-state index in [0.29, 0.717) is 16.8 Å². The van der Waals surface area contributed by atoms with E-state index in [-0.39, 0.29) is 12.4 Å². The van der Waals surface area contributed by atoms with Crippen molar-refractivity contribution in [2.45, 2.75) is 20.4 Å². The van der Waals surface area contributed by atoms with Gasteiger partial charge in [-0.3, -0.25) is 0 Å². The van der Waals surface area contributed by atoms with Gasteiger partial charge in [-0.25, -0.2) is 14.0 Å². The van der Waals surface area contributed by atoms with Gasteiger partial charge in [0.1, 0.15) is 11.4 Å². The second kappa shape index (κ2) is 6.76. The number of carbonyl (C=O) groups excluding carboxylic acids is 1. The molecule has 1 aromatic heterocycles. The molecule has 3 rings (SSSR count). The Balaban J connectivity index is 1.69. The third-order valence-electron chi connectivity index (χ3n) is 3.88. The number of hydrogen-bond acceptors (Lipinski definition) is 3. The first-order valence-electron chi connectivity index (χ1n) is 7.77. The summed E-state index contributed by atoms with van der Waals surface area (Å²) >= 11 is 0. The maximum absolute atomic E-state index is 13.2. The van der Waals surface area contributed by atoms with E-state index in [4.69, 9.17) is 4.42 Å². The van der Waals surface area contributed by atoms with Gasteiger partial charge >= 0.3 is 11.7 Å². The third-order valence-corrected chi connectivity index (χ3v) is 3.88. The molecule has 2 N–H and O–H groups in total. The van der Waals surface area contributed by atoms with Gasteiger partial charge in [0.05, 0.1) is 0 Å². The van der Waals surface area contributed by atoms with Crippen molar-refractivity contribution in [2.75, 3.05) is 5.32 Å². The molecule has 0 spiro atoms. The molecule has 0 saturated heterocycles. The van der Waals surface area contributed by atoms with Crippen LogP contribution in [0.2, 0.25) is 0 Å². The van der Waals surface area contributed by atoms with Gasteiger partial charge in [-0.1, -0.05) is 12.1 Å². The molecule has 0 aliphatic heterocycles. The first-order chi connectivity index (χ1) is 11.9. The second-order valence-corrected chi connectivity index (χ2v) is 5.85. The lowest BCUT2D eigenvalue weighted by atomic mass is 10.1. The van der Waals surface area contributed by atoms with Crippen LogP contribution in [0.3, 0.4) is 0 Å². The van der Waals surface area contributed by atoms with Gasteiger partial charge < -0.3 is 15.1 Å². The fraction of sp³-hybridized carbons (Fsp3) is 0.158. The van der Waals surface area contributed by atoms with E-state index in [1.807, 2.05) is 6.92 Å². The van der Waals surface area contributed by atoms with Gasteiger partial charge in [-0.2, -0.15) is 0 Å². The van der Waals surface area contributed by atoms with Gasteiger partial charge in [0.2, 0.25) is 0 Å². The molecule has 0 aliphatic rings. The number of halogens is 1. The van der Waals surface area contributed by atoms with E-state index in [1.165, 1.54) is 12.1 Å². The Morgan fingerprint density at radius 1 is 1.08 bits per heavy atom. The summed E-state index contributed by atoms with van der Waals surface area (Å²) in [4.78, 5) is 23.5. The van der Waals surface area contributed by atoms with Crippen LogP contribution in [0.5, 0.6) is 0 Å². The Kier molecular flexibility index (Phi) is 4.52. The molecule has 2 aromatic carbocycles. The zero-order valence-electron chi connectivity index (χ0n) is 13.9. The molecule has 3 aromatic rings. The number of aryl methyl sites for hydroxylation is 2. The number of carbonyl (C=O) groups is 1. The van der Waals surface area contributed by atoms with Crippen molar-refractivity contribution in [3.05, 3.63) is 75.4 Å². The maximum atomic E-state index is 13.2. The van der Waals surface area contributed by atoms with E-state index in [0.717, 1.165) is 16.5 Å². The van der Waals surface area contributed by atoms with Crippen molar-refractivity contribution < 1.29 is 13.6 Å². The highest BCUT2D eigenvalue weighted by molar-refractivity contribution is 5.92. The molecule has 0 fully saturated rings. The highest BCUT2D eigenvalue weighted by atomic mass is 19.1. The molecule has 0 unspecified atom stereocenters. The normalized spacial score (nSPS) is 10.7. The largest absolute Gasteiger partial charge is 0.423 e. The summed E-state index contributed by atoms with van der Waals surface area (Å²) in [6.45, 7) is 3.77. The summed E-state index contributed by atoms with van der Waals surface area (Å²) in [7, 11) is 0.